The van der Waals surface area contributed by atoms with Gasteiger partial charge in [0.25, 0.3) is 0 Å². The van der Waals surface area contributed by atoms with Crippen LogP contribution in [0.3, 0.4) is 0 Å². The van der Waals surface area contributed by atoms with E-state index in [9.17, 15) is 0 Å². The predicted octanol–water partition coefficient (Wildman–Crippen LogP) is 3.29. The quantitative estimate of drug-likeness (QED) is 0.775. The first kappa shape index (κ1) is 12.8. The molecule has 1 aromatic rings. The lowest BCUT2D eigenvalue weighted by Crippen LogP contribution is -2.16. The molecule has 0 aliphatic rings. The Morgan fingerprint density at radius 1 is 1.31 bits per heavy atom. The topological polar surface area (TPSA) is 50.9 Å². The second kappa shape index (κ2) is 6.36. The highest BCUT2D eigenvalue weighted by atomic mass is 15.0. The maximum absolute atomic E-state index is 5.69. The summed E-state index contributed by atoms with van der Waals surface area (Å²) in [6.07, 6.45) is 5.46. The molecule has 3 N–H and O–H groups in total. The van der Waals surface area contributed by atoms with Gasteiger partial charge in [-0.15, -0.1) is 0 Å². The Balaban J connectivity index is 2.31. The molecule has 0 bridgehead atoms. The first-order valence-electron chi connectivity index (χ1n) is 6.06. The smallest absolute Gasteiger partial charge is 0.128 e. The molecule has 1 unspecified atom stereocenters. The molecule has 0 radical (unpaired) electrons. The van der Waals surface area contributed by atoms with Crippen LogP contribution in [0.25, 0.3) is 0 Å². The van der Waals surface area contributed by atoms with E-state index < -0.39 is 0 Å². The molecular formula is C13H23N3. The van der Waals surface area contributed by atoms with Crippen LogP contribution in [-0.2, 0) is 0 Å². The van der Waals surface area contributed by atoms with Crippen LogP contribution in [0.15, 0.2) is 18.3 Å². The second-order valence-electron chi connectivity index (χ2n) is 4.84. The van der Waals surface area contributed by atoms with Crippen LogP contribution in [0, 0.1) is 5.92 Å². The molecule has 0 saturated carbocycles. The van der Waals surface area contributed by atoms with Crippen molar-refractivity contribution < 1.29 is 0 Å². The number of hydrogen-bond donors (Lipinski definition) is 2. The van der Waals surface area contributed by atoms with Gasteiger partial charge in [-0.1, -0.05) is 26.7 Å². The van der Waals surface area contributed by atoms with Gasteiger partial charge in [0.15, 0.2) is 0 Å². The van der Waals surface area contributed by atoms with E-state index >= 15 is 0 Å². The minimum absolute atomic E-state index is 0.452. The zero-order chi connectivity index (χ0) is 12.0. The van der Waals surface area contributed by atoms with Gasteiger partial charge in [0.05, 0.1) is 0 Å². The van der Waals surface area contributed by atoms with Crippen molar-refractivity contribution >= 4 is 11.5 Å². The summed E-state index contributed by atoms with van der Waals surface area (Å²) in [6, 6.07) is 4.13. The highest BCUT2D eigenvalue weighted by Gasteiger charge is 2.03. The molecule has 1 heterocycles. The number of hydrogen-bond acceptors (Lipinski definition) is 3. The van der Waals surface area contributed by atoms with Gasteiger partial charge in [-0.2, -0.15) is 0 Å². The molecule has 1 aromatic heterocycles. The van der Waals surface area contributed by atoms with Crippen LogP contribution in [0.5, 0.6) is 0 Å². The maximum Gasteiger partial charge on any atom is 0.128 e. The Hall–Kier alpha value is -1.25. The Kier molecular flexibility index (Phi) is 5.09. The summed E-state index contributed by atoms with van der Waals surface area (Å²) in [5.41, 5.74) is 6.45. The molecule has 16 heavy (non-hydrogen) atoms. The molecule has 3 heteroatoms. The molecule has 0 aliphatic heterocycles. The Labute approximate surface area is 98.5 Å². The highest BCUT2D eigenvalue weighted by Crippen LogP contribution is 2.13. The molecule has 3 nitrogen and oxygen atoms in total. The Morgan fingerprint density at radius 3 is 2.69 bits per heavy atom. The van der Waals surface area contributed by atoms with E-state index in [4.69, 9.17) is 5.73 Å². The zero-order valence-corrected chi connectivity index (χ0v) is 10.5. The third-order valence-corrected chi connectivity index (χ3v) is 2.60. The number of nitrogens with one attached hydrogen (secondary N) is 1. The average Bonchev–Trinajstić information content (AvgIpc) is 2.16. The summed E-state index contributed by atoms with van der Waals surface area (Å²) in [4.78, 5) is 4.23. The van der Waals surface area contributed by atoms with Crippen LogP contribution in [0.1, 0.15) is 40.0 Å². The number of aromatic nitrogens is 1. The lowest BCUT2D eigenvalue weighted by Gasteiger charge is -2.15. The van der Waals surface area contributed by atoms with Crippen molar-refractivity contribution in [3.8, 4) is 0 Å². The Bertz CT molecular complexity index is 310. The molecule has 0 aromatic carbocycles. The summed E-state index contributed by atoms with van der Waals surface area (Å²) >= 11 is 0. The normalized spacial score (nSPS) is 12.8. The number of nitrogens with zero attached hydrogens (tertiary/aromatic N) is 1. The van der Waals surface area contributed by atoms with Crippen molar-refractivity contribution in [2.45, 2.75) is 46.1 Å². The van der Waals surface area contributed by atoms with Crippen LogP contribution >= 0.6 is 0 Å². The fraction of sp³-hybridized carbons (Fsp3) is 0.615. The van der Waals surface area contributed by atoms with Crippen molar-refractivity contribution in [1.29, 1.82) is 0 Å². The van der Waals surface area contributed by atoms with Crippen LogP contribution in [0.2, 0.25) is 0 Å². The number of pyridine rings is 1. The summed E-state index contributed by atoms with van der Waals surface area (Å²) in [5, 5.41) is 3.37. The van der Waals surface area contributed by atoms with E-state index in [2.05, 4.69) is 31.1 Å². The highest BCUT2D eigenvalue weighted by molar-refractivity contribution is 5.48. The largest absolute Gasteiger partial charge is 0.399 e. The van der Waals surface area contributed by atoms with Crippen LogP contribution in [-0.4, -0.2) is 11.0 Å². The molecule has 0 fully saturated rings. The summed E-state index contributed by atoms with van der Waals surface area (Å²) < 4.78 is 0. The van der Waals surface area contributed by atoms with Gasteiger partial charge >= 0.3 is 0 Å². The number of rotatable bonds is 6. The minimum atomic E-state index is 0.452. The maximum atomic E-state index is 5.69. The van der Waals surface area contributed by atoms with E-state index in [-0.39, 0.29) is 0 Å². The molecule has 0 saturated heterocycles. The third kappa shape index (κ3) is 5.01. The monoisotopic (exact) mass is 221 g/mol. The Morgan fingerprint density at radius 2 is 2.06 bits per heavy atom. The van der Waals surface area contributed by atoms with Crippen LogP contribution < -0.4 is 11.1 Å². The fourth-order valence-corrected chi connectivity index (χ4v) is 1.68. The third-order valence-electron chi connectivity index (χ3n) is 2.60. The first-order valence-corrected chi connectivity index (χ1v) is 6.06. The summed E-state index contributed by atoms with van der Waals surface area (Å²) in [5.74, 6) is 1.66. The number of nitrogens with two attached hydrogens (primary N) is 1. The van der Waals surface area contributed by atoms with Gasteiger partial charge in [-0.25, -0.2) is 4.98 Å². The van der Waals surface area contributed by atoms with Gasteiger partial charge in [-0.3, -0.25) is 0 Å². The molecule has 90 valence electrons. The van der Waals surface area contributed by atoms with E-state index in [0.717, 1.165) is 17.4 Å². The van der Waals surface area contributed by atoms with Crippen molar-refractivity contribution in [3.05, 3.63) is 18.3 Å². The average molecular weight is 221 g/mol. The molecule has 0 spiro atoms. The molecule has 1 atom stereocenters. The summed E-state index contributed by atoms with van der Waals surface area (Å²) in [7, 11) is 0. The minimum Gasteiger partial charge on any atom is -0.399 e. The van der Waals surface area contributed by atoms with Gasteiger partial charge in [-0.05, 0) is 25.3 Å². The second-order valence-corrected chi connectivity index (χ2v) is 4.84. The number of anilines is 2. The number of nitrogen functional groups attached to an aromatic ring is 1. The first-order chi connectivity index (χ1) is 7.58. The van der Waals surface area contributed by atoms with Crippen molar-refractivity contribution in [2.75, 3.05) is 11.1 Å². The molecule has 1 rings (SSSR count). The van der Waals surface area contributed by atoms with Gasteiger partial charge in [0, 0.05) is 24.0 Å². The standard InChI is InChI=1S/C13H23N3/c1-10(2)5-4-6-11(3)16-13-9-12(14)7-8-15-13/h7-11H,4-6H2,1-3H3,(H3,14,15,16). The molecular weight excluding hydrogens is 198 g/mol. The molecule has 0 aliphatic carbocycles. The lowest BCUT2D eigenvalue weighted by molar-refractivity contribution is 0.520. The lowest BCUT2D eigenvalue weighted by atomic mass is 10.0. The van der Waals surface area contributed by atoms with Crippen molar-refractivity contribution in [1.82, 2.24) is 4.98 Å². The summed E-state index contributed by atoms with van der Waals surface area (Å²) in [6.45, 7) is 6.71. The SMILES string of the molecule is CC(C)CCCC(C)Nc1cc(N)ccn1. The van der Waals surface area contributed by atoms with Crippen molar-refractivity contribution in [2.24, 2.45) is 5.92 Å². The van der Waals surface area contributed by atoms with Crippen molar-refractivity contribution in [3.63, 3.8) is 0 Å². The van der Waals surface area contributed by atoms with Gasteiger partial charge in [0.2, 0.25) is 0 Å². The van der Waals surface area contributed by atoms with E-state index in [0.29, 0.717) is 6.04 Å². The fourth-order valence-electron chi connectivity index (χ4n) is 1.68. The molecule has 0 amide bonds. The van der Waals surface area contributed by atoms with Gasteiger partial charge < -0.3 is 11.1 Å². The van der Waals surface area contributed by atoms with E-state index in [1.807, 2.05) is 6.07 Å². The van der Waals surface area contributed by atoms with E-state index in [1.54, 1.807) is 12.3 Å². The van der Waals surface area contributed by atoms with E-state index in [1.165, 1.54) is 19.3 Å². The van der Waals surface area contributed by atoms with Crippen LogP contribution in [0.4, 0.5) is 11.5 Å². The zero-order valence-electron chi connectivity index (χ0n) is 10.5. The predicted molar refractivity (Wildman–Crippen MR) is 70.4 cm³/mol. The van der Waals surface area contributed by atoms with Gasteiger partial charge in [0.1, 0.15) is 5.82 Å².